The molecule has 0 saturated carbocycles. The third-order valence-electron chi connectivity index (χ3n) is 4.46. The summed E-state index contributed by atoms with van der Waals surface area (Å²) in [6.45, 7) is 1.59. The molecule has 1 aromatic rings. The number of nitro benzene ring substituents is 1. The zero-order chi connectivity index (χ0) is 21.6. The molecule has 1 N–H and O–H groups in total. The van der Waals surface area contributed by atoms with Crippen LogP contribution in [-0.4, -0.2) is 66.6 Å². The predicted molar refractivity (Wildman–Crippen MR) is 96.4 cm³/mol. The Morgan fingerprint density at radius 1 is 1.21 bits per heavy atom. The number of nitrogens with zero attached hydrogens (tertiary/aromatic N) is 3. The standard InChI is InChI=1S/C17H21F3N4O5/c1-29-16(26)23-8-2-7-22(9-10-23)15(25)5-6-21-13-4-3-12(17(18,19)20)11-14(13)24(27)28/h3-4,11,21H,2,5-10H2,1H3. The van der Waals surface area contributed by atoms with Crippen molar-refractivity contribution in [1.29, 1.82) is 0 Å². The molecule has 0 radical (unpaired) electrons. The average molecular weight is 418 g/mol. The SMILES string of the molecule is COC(=O)N1CCCN(C(=O)CCNc2ccc(C(F)(F)F)cc2[N+](=O)[O-])CC1. The van der Waals surface area contributed by atoms with Gasteiger partial charge in [0.25, 0.3) is 5.69 Å². The van der Waals surface area contributed by atoms with Gasteiger partial charge in [-0.15, -0.1) is 0 Å². The summed E-state index contributed by atoms with van der Waals surface area (Å²) in [4.78, 5) is 37.2. The minimum atomic E-state index is -4.69. The van der Waals surface area contributed by atoms with Crippen LogP contribution in [-0.2, 0) is 15.7 Å². The maximum Gasteiger partial charge on any atom is 0.416 e. The van der Waals surface area contributed by atoms with E-state index in [2.05, 4.69) is 10.1 Å². The highest BCUT2D eigenvalue weighted by molar-refractivity contribution is 5.77. The van der Waals surface area contributed by atoms with Gasteiger partial charge in [-0.2, -0.15) is 13.2 Å². The second kappa shape index (κ2) is 9.43. The Kier molecular flexibility index (Phi) is 7.23. The van der Waals surface area contributed by atoms with E-state index in [4.69, 9.17) is 0 Å². The molecular formula is C17H21F3N4O5. The first-order valence-corrected chi connectivity index (χ1v) is 8.83. The van der Waals surface area contributed by atoms with Crippen LogP contribution in [0.3, 0.4) is 0 Å². The van der Waals surface area contributed by atoms with Gasteiger partial charge in [0.1, 0.15) is 5.69 Å². The summed E-state index contributed by atoms with van der Waals surface area (Å²) >= 11 is 0. The predicted octanol–water partition coefficient (Wildman–Crippen LogP) is 2.72. The third kappa shape index (κ3) is 5.96. The zero-order valence-corrected chi connectivity index (χ0v) is 15.7. The van der Waals surface area contributed by atoms with Gasteiger partial charge in [0.2, 0.25) is 5.91 Å². The molecule has 0 spiro atoms. The number of methoxy groups -OCH3 is 1. The molecule has 160 valence electrons. The van der Waals surface area contributed by atoms with Crippen LogP contribution in [0.15, 0.2) is 18.2 Å². The minimum absolute atomic E-state index is 0.00357. The molecule has 1 aliphatic heterocycles. The van der Waals surface area contributed by atoms with Gasteiger partial charge in [-0.3, -0.25) is 14.9 Å². The number of nitro groups is 1. The highest BCUT2D eigenvalue weighted by atomic mass is 19.4. The van der Waals surface area contributed by atoms with E-state index >= 15 is 0 Å². The van der Waals surface area contributed by atoms with Crippen LogP contribution in [0.2, 0.25) is 0 Å². The van der Waals surface area contributed by atoms with Crippen LogP contribution in [0.4, 0.5) is 29.3 Å². The molecule has 1 fully saturated rings. The topological polar surface area (TPSA) is 105 Å². The molecule has 1 aliphatic rings. The number of rotatable bonds is 5. The highest BCUT2D eigenvalue weighted by Gasteiger charge is 2.33. The number of carbonyl (C=O) groups excluding carboxylic acids is 2. The molecule has 2 amide bonds. The van der Waals surface area contributed by atoms with Crippen LogP contribution < -0.4 is 5.32 Å². The first-order valence-electron chi connectivity index (χ1n) is 8.83. The lowest BCUT2D eigenvalue weighted by Gasteiger charge is -2.21. The van der Waals surface area contributed by atoms with Gasteiger partial charge in [-0.05, 0) is 18.6 Å². The second-order valence-corrected chi connectivity index (χ2v) is 6.35. The monoisotopic (exact) mass is 418 g/mol. The first kappa shape index (κ1) is 22.2. The van der Waals surface area contributed by atoms with Gasteiger partial charge >= 0.3 is 12.3 Å². The van der Waals surface area contributed by atoms with Gasteiger partial charge in [-0.25, -0.2) is 4.79 Å². The Morgan fingerprint density at radius 3 is 2.48 bits per heavy atom. The number of benzene rings is 1. The van der Waals surface area contributed by atoms with Crippen LogP contribution >= 0.6 is 0 Å². The number of amides is 2. The van der Waals surface area contributed by atoms with Crippen molar-refractivity contribution in [2.45, 2.75) is 19.0 Å². The van der Waals surface area contributed by atoms with E-state index in [1.54, 1.807) is 4.90 Å². The van der Waals surface area contributed by atoms with Crippen LogP contribution in [0.25, 0.3) is 0 Å². The van der Waals surface area contributed by atoms with E-state index in [0.717, 1.165) is 12.1 Å². The van der Waals surface area contributed by atoms with E-state index in [1.165, 1.54) is 12.0 Å². The number of nitrogens with one attached hydrogen (secondary N) is 1. The molecule has 1 heterocycles. The molecule has 29 heavy (non-hydrogen) atoms. The second-order valence-electron chi connectivity index (χ2n) is 6.35. The van der Waals surface area contributed by atoms with Crippen LogP contribution in [0.1, 0.15) is 18.4 Å². The molecular weight excluding hydrogens is 397 g/mol. The minimum Gasteiger partial charge on any atom is -0.453 e. The Labute approximate surface area is 164 Å². The van der Waals surface area contributed by atoms with Gasteiger partial charge in [0.05, 0.1) is 17.6 Å². The quantitative estimate of drug-likeness (QED) is 0.582. The van der Waals surface area contributed by atoms with Crippen molar-refractivity contribution in [3.8, 4) is 0 Å². The fraction of sp³-hybridized carbons (Fsp3) is 0.529. The fourth-order valence-electron chi connectivity index (χ4n) is 2.95. The van der Waals surface area contributed by atoms with Crippen molar-refractivity contribution in [1.82, 2.24) is 9.80 Å². The summed E-state index contributed by atoms with van der Waals surface area (Å²) in [5.74, 6) is -0.223. The first-order chi connectivity index (χ1) is 13.6. The van der Waals surface area contributed by atoms with Gasteiger partial charge in [0, 0.05) is 45.2 Å². The van der Waals surface area contributed by atoms with Crippen molar-refractivity contribution < 1.29 is 32.4 Å². The molecule has 0 aromatic heterocycles. The maximum absolute atomic E-state index is 12.7. The number of alkyl halides is 3. The Bertz CT molecular complexity index is 772. The Morgan fingerprint density at radius 2 is 1.86 bits per heavy atom. The highest BCUT2D eigenvalue weighted by Crippen LogP contribution is 2.34. The molecule has 2 rings (SSSR count). The van der Waals surface area contributed by atoms with E-state index in [-0.39, 0.29) is 24.6 Å². The summed E-state index contributed by atoms with van der Waals surface area (Å²) in [6.07, 6.45) is -4.57. The lowest BCUT2D eigenvalue weighted by Crippen LogP contribution is -2.37. The van der Waals surface area contributed by atoms with Crippen molar-refractivity contribution in [3.05, 3.63) is 33.9 Å². The molecule has 0 bridgehead atoms. The third-order valence-corrected chi connectivity index (χ3v) is 4.46. The van der Waals surface area contributed by atoms with Crippen molar-refractivity contribution >= 4 is 23.4 Å². The lowest BCUT2D eigenvalue weighted by molar-refractivity contribution is -0.384. The van der Waals surface area contributed by atoms with Crippen molar-refractivity contribution in [2.24, 2.45) is 0 Å². The number of hydrogen-bond donors (Lipinski definition) is 1. The molecule has 1 aromatic carbocycles. The summed E-state index contributed by atoms with van der Waals surface area (Å²) < 4.78 is 42.9. The summed E-state index contributed by atoms with van der Waals surface area (Å²) in [7, 11) is 1.28. The fourth-order valence-corrected chi connectivity index (χ4v) is 2.95. The molecule has 0 aliphatic carbocycles. The largest absolute Gasteiger partial charge is 0.453 e. The van der Waals surface area contributed by atoms with E-state index in [9.17, 15) is 32.9 Å². The molecule has 1 saturated heterocycles. The molecule has 9 nitrogen and oxygen atoms in total. The number of ether oxygens (including phenoxy) is 1. The molecule has 12 heteroatoms. The number of hydrogen-bond acceptors (Lipinski definition) is 6. The van der Waals surface area contributed by atoms with E-state index in [0.29, 0.717) is 38.7 Å². The van der Waals surface area contributed by atoms with Gasteiger partial charge in [0.15, 0.2) is 0 Å². The van der Waals surface area contributed by atoms with Gasteiger partial charge < -0.3 is 19.9 Å². The van der Waals surface area contributed by atoms with Crippen molar-refractivity contribution in [2.75, 3.05) is 45.2 Å². The Hall–Kier alpha value is -3.05. The number of anilines is 1. The van der Waals surface area contributed by atoms with E-state index in [1.807, 2.05) is 0 Å². The van der Waals surface area contributed by atoms with Crippen LogP contribution in [0, 0.1) is 10.1 Å². The average Bonchev–Trinajstić information content (AvgIpc) is 2.92. The number of halogens is 3. The molecule has 0 atom stereocenters. The zero-order valence-electron chi connectivity index (χ0n) is 15.7. The molecule has 0 unspecified atom stereocenters. The van der Waals surface area contributed by atoms with Crippen molar-refractivity contribution in [3.63, 3.8) is 0 Å². The maximum atomic E-state index is 12.7. The van der Waals surface area contributed by atoms with Crippen LogP contribution in [0.5, 0.6) is 0 Å². The lowest BCUT2D eigenvalue weighted by atomic mass is 10.1. The summed E-state index contributed by atoms with van der Waals surface area (Å²) in [5, 5.41) is 13.7. The normalized spacial score (nSPS) is 14.9. The summed E-state index contributed by atoms with van der Waals surface area (Å²) in [5.41, 5.74) is -1.93. The number of carbonyl (C=O) groups is 2. The smallest absolute Gasteiger partial charge is 0.416 e. The Balaban J connectivity index is 1.93. The van der Waals surface area contributed by atoms with E-state index < -0.39 is 28.4 Å². The summed E-state index contributed by atoms with van der Waals surface area (Å²) in [6, 6.07) is 2.18. The van der Waals surface area contributed by atoms with Gasteiger partial charge in [-0.1, -0.05) is 0 Å².